The standard InChI is InChI=1S/C20H25N3O4/c24-20(17-12-19(27-22-17)15-4-2-1-3-5-15)21-13-18(16-6-9-26-14-16)23-7-10-25-11-8-23/h1-5,12,16,18H,6-11,13-14H2,(H,21,24). The van der Waals surface area contributed by atoms with Gasteiger partial charge in [-0.25, -0.2) is 0 Å². The molecular formula is C20H25N3O4. The molecular weight excluding hydrogens is 346 g/mol. The summed E-state index contributed by atoms with van der Waals surface area (Å²) in [4.78, 5) is 15.0. The summed E-state index contributed by atoms with van der Waals surface area (Å²) in [7, 11) is 0. The van der Waals surface area contributed by atoms with Crippen LogP contribution in [0.25, 0.3) is 11.3 Å². The molecule has 0 radical (unpaired) electrons. The number of benzene rings is 1. The van der Waals surface area contributed by atoms with Crippen LogP contribution >= 0.6 is 0 Å². The lowest BCUT2D eigenvalue weighted by molar-refractivity contribution is 0.00164. The highest BCUT2D eigenvalue weighted by Gasteiger charge is 2.32. The molecule has 7 heteroatoms. The number of morpholine rings is 1. The van der Waals surface area contributed by atoms with Crippen LogP contribution in [0, 0.1) is 5.92 Å². The van der Waals surface area contributed by atoms with Crippen molar-refractivity contribution in [3.63, 3.8) is 0 Å². The predicted molar refractivity (Wildman–Crippen MR) is 99.4 cm³/mol. The maximum absolute atomic E-state index is 12.6. The van der Waals surface area contributed by atoms with E-state index >= 15 is 0 Å². The zero-order valence-electron chi connectivity index (χ0n) is 15.3. The molecule has 1 amide bonds. The summed E-state index contributed by atoms with van der Waals surface area (Å²) in [6, 6.07) is 11.6. The first-order valence-corrected chi connectivity index (χ1v) is 9.51. The quantitative estimate of drug-likeness (QED) is 0.835. The van der Waals surface area contributed by atoms with Crippen molar-refractivity contribution in [2.75, 3.05) is 46.1 Å². The summed E-state index contributed by atoms with van der Waals surface area (Å²) >= 11 is 0. The molecule has 7 nitrogen and oxygen atoms in total. The Balaban J connectivity index is 1.39. The number of aromatic nitrogens is 1. The molecule has 0 aliphatic carbocycles. The van der Waals surface area contributed by atoms with Crippen molar-refractivity contribution in [3.8, 4) is 11.3 Å². The average molecular weight is 371 g/mol. The van der Waals surface area contributed by atoms with Crippen LogP contribution < -0.4 is 5.32 Å². The Bertz CT molecular complexity index is 737. The molecule has 2 aromatic rings. The average Bonchev–Trinajstić information content (AvgIpc) is 3.42. The molecule has 2 fully saturated rings. The van der Waals surface area contributed by atoms with Gasteiger partial charge in [0.1, 0.15) is 0 Å². The summed E-state index contributed by atoms with van der Waals surface area (Å²) in [6.07, 6.45) is 1.03. The van der Waals surface area contributed by atoms with Crippen molar-refractivity contribution in [1.82, 2.24) is 15.4 Å². The lowest BCUT2D eigenvalue weighted by Gasteiger charge is -2.37. The van der Waals surface area contributed by atoms with Crippen LogP contribution in [0.5, 0.6) is 0 Å². The van der Waals surface area contributed by atoms with Gasteiger partial charge in [-0.15, -0.1) is 0 Å². The number of ether oxygens (including phenoxy) is 2. The second-order valence-electron chi connectivity index (χ2n) is 6.99. The third kappa shape index (κ3) is 4.37. The summed E-state index contributed by atoms with van der Waals surface area (Å²) < 4.78 is 16.4. The highest BCUT2D eigenvalue weighted by atomic mass is 16.5. The van der Waals surface area contributed by atoms with Gasteiger partial charge in [-0.3, -0.25) is 9.69 Å². The predicted octanol–water partition coefficient (Wildman–Crippen LogP) is 1.81. The molecule has 4 rings (SSSR count). The SMILES string of the molecule is O=C(NCC(C1CCOC1)N1CCOCC1)c1cc(-c2ccccc2)on1. The molecule has 2 atom stereocenters. The van der Waals surface area contributed by atoms with E-state index in [1.54, 1.807) is 6.07 Å². The molecule has 3 heterocycles. The lowest BCUT2D eigenvalue weighted by Crippen LogP contribution is -2.52. The highest BCUT2D eigenvalue weighted by Crippen LogP contribution is 2.22. The number of nitrogens with one attached hydrogen (secondary N) is 1. The second-order valence-corrected chi connectivity index (χ2v) is 6.99. The molecule has 144 valence electrons. The molecule has 1 aromatic carbocycles. The van der Waals surface area contributed by atoms with Crippen LogP contribution in [0.2, 0.25) is 0 Å². The van der Waals surface area contributed by atoms with Gasteiger partial charge in [0.25, 0.3) is 5.91 Å². The van der Waals surface area contributed by atoms with Gasteiger partial charge in [-0.05, 0) is 6.42 Å². The van der Waals surface area contributed by atoms with Crippen molar-refractivity contribution >= 4 is 5.91 Å². The minimum Gasteiger partial charge on any atom is -0.381 e. The molecule has 2 aliphatic heterocycles. The number of carbonyl (C=O) groups excluding carboxylic acids is 1. The first kappa shape index (κ1) is 18.2. The Labute approximate surface area is 158 Å². The molecule has 2 saturated heterocycles. The third-order valence-corrected chi connectivity index (χ3v) is 5.30. The van der Waals surface area contributed by atoms with Crippen LogP contribution in [-0.2, 0) is 9.47 Å². The number of carbonyl (C=O) groups is 1. The number of hydrogen-bond acceptors (Lipinski definition) is 6. The molecule has 2 unspecified atom stereocenters. The van der Waals surface area contributed by atoms with Crippen LogP contribution in [0.4, 0.5) is 0 Å². The molecule has 27 heavy (non-hydrogen) atoms. The normalized spacial score (nSPS) is 21.9. The Kier molecular flexibility index (Phi) is 5.81. The van der Waals surface area contributed by atoms with E-state index < -0.39 is 0 Å². The van der Waals surface area contributed by atoms with Gasteiger partial charge in [-0.1, -0.05) is 35.5 Å². The van der Waals surface area contributed by atoms with E-state index in [4.69, 9.17) is 14.0 Å². The van der Waals surface area contributed by atoms with Crippen molar-refractivity contribution in [2.45, 2.75) is 12.5 Å². The fourth-order valence-corrected chi connectivity index (χ4v) is 3.77. The van der Waals surface area contributed by atoms with Crippen LogP contribution in [-0.4, -0.2) is 68.1 Å². The van der Waals surface area contributed by atoms with Gasteiger partial charge < -0.3 is 19.3 Å². The van der Waals surface area contributed by atoms with Crippen molar-refractivity contribution in [1.29, 1.82) is 0 Å². The molecule has 0 bridgehead atoms. The van der Waals surface area contributed by atoms with Gasteiger partial charge in [-0.2, -0.15) is 0 Å². The van der Waals surface area contributed by atoms with E-state index in [1.807, 2.05) is 30.3 Å². The zero-order chi connectivity index (χ0) is 18.5. The monoisotopic (exact) mass is 371 g/mol. The fourth-order valence-electron chi connectivity index (χ4n) is 3.77. The first-order valence-electron chi connectivity index (χ1n) is 9.51. The molecule has 0 saturated carbocycles. The molecule has 1 N–H and O–H groups in total. The summed E-state index contributed by atoms with van der Waals surface area (Å²) in [5.74, 6) is 0.813. The molecule has 1 aromatic heterocycles. The summed E-state index contributed by atoms with van der Waals surface area (Å²) in [5.41, 5.74) is 1.20. The van der Waals surface area contributed by atoms with Gasteiger partial charge in [0, 0.05) is 49.8 Å². The van der Waals surface area contributed by atoms with E-state index in [0.717, 1.165) is 51.5 Å². The number of nitrogens with zero attached hydrogens (tertiary/aromatic N) is 2. The summed E-state index contributed by atoms with van der Waals surface area (Å²) in [6.45, 7) is 5.37. The maximum atomic E-state index is 12.6. The Morgan fingerprint density at radius 1 is 1.19 bits per heavy atom. The topological polar surface area (TPSA) is 76.8 Å². The van der Waals surface area contributed by atoms with Crippen LogP contribution in [0.1, 0.15) is 16.9 Å². The minimum atomic E-state index is -0.210. The second kappa shape index (κ2) is 8.65. The van der Waals surface area contributed by atoms with Crippen molar-refractivity contribution in [2.24, 2.45) is 5.92 Å². The Morgan fingerprint density at radius 3 is 2.74 bits per heavy atom. The third-order valence-electron chi connectivity index (χ3n) is 5.30. The minimum absolute atomic E-state index is 0.210. The zero-order valence-corrected chi connectivity index (χ0v) is 15.3. The van der Waals surface area contributed by atoms with E-state index in [9.17, 15) is 4.79 Å². The van der Waals surface area contributed by atoms with Crippen molar-refractivity contribution in [3.05, 3.63) is 42.1 Å². The van der Waals surface area contributed by atoms with Gasteiger partial charge >= 0.3 is 0 Å². The van der Waals surface area contributed by atoms with Crippen LogP contribution in [0.15, 0.2) is 40.9 Å². The Hall–Kier alpha value is -2.22. The van der Waals surface area contributed by atoms with E-state index in [0.29, 0.717) is 23.9 Å². The summed E-state index contributed by atoms with van der Waals surface area (Å²) in [5, 5.41) is 6.97. The largest absolute Gasteiger partial charge is 0.381 e. The smallest absolute Gasteiger partial charge is 0.273 e. The van der Waals surface area contributed by atoms with Gasteiger partial charge in [0.15, 0.2) is 11.5 Å². The van der Waals surface area contributed by atoms with Crippen LogP contribution in [0.3, 0.4) is 0 Å². The van der Waals surface area contributed by atoms with E-state index in [2.05, 4.69) is 15.4 Å². The van der Waals surface area contributed by atoms with Crippen molar-refractivity contribution < 1.29 is 18.8 Å². The maximum Gasteiger partial charge on any atom is 0.273 e. The van der Waals surface area contributed by atoms with Gasteiger partial charge in [0.2, 0.25) is 0 Å². The van der Waals surface area contributed by atoms with Gasteiger partial charge in [0.05, 0.1) is 19.8 Å². The number of rotatable bonds is 6. The fraction of sp³-hybridized carbons (Fsp3) is 0.500. The number of amides is 1. The highest BCUT2D eigenvalue weighted by molar-refractivity contribution is 5.93. The lowest BCUT2D eigenvalue weighted by atomic mass is 9.97. The number of hydrogen-bond donors (Lipinski definition) is 1. The molecule has 0 spiro atoms. The Morgan fingerprint density at radius 2 is 2.00 bits per heavy atom. The van der Waals surface area contributed by atoms with E-state index in [-0.39, 0.29) is 11.9 Å². The van der Waals surface area contributed by atoms with E-state index in [1.165, 1.54) is 0 Å². The first-order chi connectivity index (χ1) is 13.3. The molecule has 2 aliphatic rings.